The van der Waals surface area contributed by atoms with E-state index in [1.165, 1.54) is 16.7 Å². The number of ether oxygens (including phenoxy) is 2. The van der Waals surface area contributed by atoms with Gasteiger partial charge in [0.15, 0.2) is 0 Å². The van der Waals surface area contributed by atoms with Gasteiger partial charge in [-0.1, -0.05) is 36.4 Å². The van der Waals surface area contributed by atoms with Crippen molar-refractivity contribution in [3.8, 4) is 5.75 Å². The molecule has 0 amide bonds. The highest BCUT2D eigenvalue weighted by atomic mass is 16.5. The van der Waals surface area contributed by atoms with E-state index in [1.807, 2.05) is 12.1 Å². The third-order valence-electron chi connectivity index (χ3n) is 4.73. The monoisotopic (exact) mass is 340 g/mol. The first-order valence-electron chi connectivity index (χ1n) is 9.00. The zero-order valence-electron chi connectivity index (χ0n) is 15.2. The van der Waals surface area contributed by atoms with Crippen LogP contribution in [0.4, 0.5) is 0 Å². The maximum atomic E-state index is 5.42. The molecule has 0 aromatic heterocycles. The highest BCUT2D eigenvalue weighted by molar-refractivity contribution is 5.29. The molecule has 1 heterocycles. The van der Waals surface area contributed by atoms with Gasteiger partial charge in [-0.25, -0.2) is 0 Å². The smallest absolute Gasteiger partial charge is 0.118 e. The van der Waals surface area contributed by atoms with Gasteiger partial charge in [0, 0.05) is 32.2 Å². The summed E-state index contributed by atoms with van der Waals surface area (Å²) >= 11 is 0. The van der Waals surface area contributed by atoms with Crippen molar-refractivity contribution in [1.29, 1.82) is 0 Å². The second-order valence-corrected chi connectivity index (χ2v) is 6.58. The molecule has 1 fully saturated rings. The molecular formula is C21H28N2O2. The van der Waals surface area contributed by atoms with E-state index in [4.69, 9.17) is 9.47 Å². The van der Waals surface area contributed by atoms with E-state index < -0.39 is 0 Å². The van der Waals surface area contributed by atoms with Crippen LogP contribution in [0.5, 0.6) is 5.75 Å². The Morgan fingerprint density at radius 3 is 2.52 bits per heavy atom. The first-order chi connectivity index (χ1) is 12.2. The second kappa shape index (κ2) is 8.99. The number of benzene rings is 2. The molecule has 4 nitrogen and oxygen atoms in total. The van der Waals surface area contributed by atoms with Crippen molar-refractivity contribution >= 4 is 0 Å². The van der Waals surface area contributed by atoms with E-state index in [9.17, 15) is 0 Å². The average molecular weight is 340 g/mol. The lowest BCUT2D eigenvalue weighted by Gasteiger charge is -2.26. The largest absolute Gasteiger partial charge is 0.497 e. The van der Waals surface area contributed by atoms with Crippen LogP contribution >= 0.6 is 0 Å². The van der Waals surface area contributed by atoms with Crippen molar-refractivity contribution in [2.45, 2.75) is 26.1 Å². The van der Waals surface area contributed by atoms with Gasteiger partial charge in [-0.05, 0) is 35.7 Å². The summed E-state index contributed by atoms with van der Waals surface area (Å²) in [7, 11) is 1.70. The molecule has 25 heavy (non-hydrogen) atoms. The molecule has 2 aromatic rings. The Balaban J connectivity index is 1.54. The van der Waals surface area contributed by atoms with Crippen LogP contribution in [0.15, 0.2) is 48.5 Å². The van der Waals surface area contributed by atoms with Crippen LogP contribution in [0.2, 0.25) is 0 Å². The molecule has 3 rings (SSSR count). The van der Waals surface area contributed by atoms with Crippen LogP contribution < -0.4 is 10.1 Å². The van der Waals surface area contributed by atoms with Crippen LogP contribution in [0.3, 0.4) is 0 Å². The number of morpholine rings is 1. The van der Waals surface area contributed by atoms with Crippen molar-refractivity contribution in [3.63, 3.8) is 0 Å². The second-order valence-electron chi connectivity index (χ2n) is 6.58. The van der Waals surface area contributed by atoms with Gasteiger partial charge in [0.05, 0.1) is 20.3 Å². The van der Waals surface area contributed by atoms with Crippen LogP contribution in [-0.2, 0) is 17.8 Å². The third kappa shape index (κ3) is 5.30. The minimum absolute atomic E-state index is 0.300. The Morgan fingerprint density at radius 2 is 1.80 bits per heavy atom. The third-order valence-corrected chi connectivity index (χ3v) is 4.73. The molecule has 0 aliphatic carbocycles. The summed E-state index contributed by atoms with van der Waals surface area (Å²) in [6.07, 6.45) is 0. The summed E-state index contributed by atoms with van der Waals surface area (Å²) in [5.41, 5.74) is 3.97. The van der Waals surface area contributed by atoms with Gasteiger partial charge in [0.2, 0.25) is 0 Å². The first kappa shape index (κ1) is 17.9. The van der Waals surface area contributed by atoms with Crippen LogP contribution in [0.25, 0.3) is 0 Å². The van der Waals surface area contributed by atoms with Crippen LogP contribution in [-0.4, -0.2) is 38.3 Å². The van der Waals surface area contributed by atoms with E-state index in [2.05, 4.69) is 53.5 Å². The maximum Gasteiger partial charge on any atom is 0.118 e. The fourth-order valence-corrected chi connectivity index (χ4v) is 3.14. The molecule has 1 atom stereocenters. The van der Waals surface area contributed by atoms with E-state index in [0.717, 1.165) is 45.1 Å². The summed E-state index contributed by atoms with van der Waals surface area (Å²) in [4.78, 5) is 2.45. The van der Waals surface area contributed by atoms with Crippen molar-refractivity contribution in [1.82, 2.24) is 10.2 Å². The summed E-state index contributed by atoms with van der Waals surface area (Å²) in [6, 6.07) is 17.4. The molecule has 0 saturated carbocycles. The van der Waals surface area contributed by atoms with Gasteiger partial charge < -0.3 is 14.8 Å². The molecule has 0 spiro atoms. The normalized spacial score (nSPS) is 16.6. The lowest BCUT2D eigenvalue weighted by Crippen LogP contribution is -2.35. The van der Waals surface area contributed by atoms with Gasteiger partial charge in [0.1, 0.15) is 5.75 Å². The molecule has 1 aliphatic rings. The highest BCUT2D eigenvalue weighted by Gasteiger charge is 2.11. The Labute approximate surface area is 150 Å². The molecule has 1 aliphatic heterocycles. The standard InChI is InChI=1S/C21H28N2O2/c1-17(20-6-8-21(24-2)9-7-20)22-15-18-4-3-5-19(14-18)16-23-10-12-25-13-11-23/h3-9,14,17,22H,10-13,15-16H2,1-2H3/t17-/m0/s1. The Kier molecular flexibility index (Phi) is 6.45. The maximum absolute atomic E-state index is 5.42. The predicted octanol–water partition coefficient (Wildman–Crippen LogP) is 3.38. The molecule has 1 saturated heterocycles. The SMILES string of the molecule is COc1ccc([C@H](C)NCc2cccc(CN3CCOCC3)c2)cc1. The van der Waals surface area contributed by atoms with E-state index in [-0.39, 0.29) is 0 Å². The molecule has 1 N–H and O–H groups in total. The van der Waals surface area contributed by atoms with E-state index in [0.29, 0.717) is 6.04 Å². The molecule has 134 valence electrons. The van der Waals surface area contributed by atoms with Crippen molar-refractivity contribution in [2.24, 2.45) is 0 Å². The number of hydrogen-bond acceptors (Lipinski definition) is 4. The molecule has 0 unspecified atom stereocenters. The summed E-state index contributed by atoms with van der Waals surface area (Å²) in [5.74, 6) is 0.895. The summed E-state index contributed by atoms with van der Waals surface area (Å²) in [5, 5.41) is 3.61. The topological polar surface area (TPSA) is 33.7 Å². The number of rotatable bonds is 7. The number of hydrogen-bond donors (Lipinski definition) is 1. The molecule has 0 radical (unpaired) electrons. The lowest BCUT2D eigenvalue weighted by molar-refractivity contribution is 0.0342. The first-order valence-corrected chi connectivity index (χ1v) is 9.00. The van der Waals surface area contributed by atoms with Gasteiger partial charge >= 0.3 is 0 Å². The lowest BCUT2D eigenvalue weighted by atomic mass is 10.1. The van der Waals surface area contributed by atoms with E-state index >= 15 is 0 Å². The van der Waals surface area contributed by atoms with Crippen molar-refractivity contribution in [2.75, 3.05) is 33.4 Å². The Bertz CT molecular complexity index is 651. The average Bonchev–Trinajstić information content (AvgIpc) is 2.67. The van der Waals surface area contributed by atoms with Gasteiger partial charge in [0.25, 0.3) is 0 Å². The molecule has 4 heteroatoms. The fourth-order valence-electron chi connectivity index (χ4n) is 3.14. The molecular weight excluding hydrogens is 312 g/mol. The number of methoxy groups -OCH3 is 1. The highest BCUT2D eigenvalue weighted by Crippen LogP contribution is 2.18. The quantitative estimate of drug-likeness (QED) is 0.838. The van der Waals surface area contributed by atoms with E-state index in [1.54, 1.807) is 7.11 Å². The van der Waals surface area contributed by atoms with Crippen LogP contribution in [0.1, 0.15) is 29.7 Å². The summed E-state index contributed by atoms with van der Waals surface area (Å²) in [6.45, 7) is 7.81. The Morgan fingerprint density at radius 1 is 1.08 bits per heavy atom. The van der Waals surface area contributed by atoms with Gasteiger partial charge in [-0.15, -0.1) is 0 Å². The summed E-state index contributed by atoms with van der Waals surface area (Å²) < 4.78 is 10.6. The minimum Gasteiger partial charge on any atom is -0.497 e. The zero-order valence-corrected chi connectivity index (χ0v) is 15.2. The van der Waals surface area contributed by atoms with Crippen molar-refractivity contribution in [3.05, 3.63) is 65.2 Å². The van der Waals surface area contributed by atoms with Crippen molar-refractivity contribution < 1.29 is 9.47 Å². The number of nitrogens with zero attached hydrogens (tertiary/aromatic N) is 1. The van der Waals surface area contributed by atoms with Crippen LogP contribution in [0, 0.1) is 0 Å². The number of nitrogens with one attached hydrogen (secondary N) is 1. The Hall–Kier alpha value is -1.88. The predicted molar refractivity (Wildman–Crippen MR) is 101 cm³/mol. The molecule has 0 bridgehead atoms. The fraction of sp³-hybridized carbons (Fsp3) is 0.429. The van der Waals surface area contributed by atoms with Gasteiger partial charge in [-0.3, -0.25) is 4.90 Å². The minimum atomic E-state index is 0.300. The molecule has 2 aromatic carbocycles. The zero-order chi connectivity index (χ0) is 17.5. The van der Waals surface area contributed by atoms with Gasteiger partial charge in [-0.2, -0.15) is 0 Å².